The lowest BCUT2D eigenvalue weighted by atomic mass is 9.98. The van der Waals surface area contributed by atoms with E-state index in [4.69, 9.17) is 5.11 Å². The molecule has 1 amide bonds. The minimum Gasteiger partial charge on any atom is -0.396 e. The number of anilines is 1. The third-order valence-corrected chi connectivity index (χ3v) is 5.47. The molecule has 35 heavy (non-hydrogen) atoms. The Hall–Kier alpha value is -3.92. The number of aliphatic hydroxyl groups excluding tert-OH is 1. The topological polar surface area (TPSA) is 101 Å². The summed E-state index contributed by atoms with van der Waals surface area (Å²) in [5.74, 6) is -0.0678. The second kappa shape index (κ2) is 9.75. The molecule has 0 fully saturated rings. The first kappa shape index (κ1) is 24.2. The van der Waals surface area contributed by atoms with Gasteiger partial charge in [0.05, 0.1) is 0 Å². The molecule has 0 saturated heterocycles. The second-order valence-corrected chi connectivity index (χ2v) is 8.06. The fraction of sp³-hybridized carbons (Fsp3) is 0.240. The summed E-state index contributed by atoms with van der Waals surface area (Å²) in [6.07, 6.45) is -0.875. The van der Waals surface area contributed by atoms with E-state index in [9.17, 15) is 18.0 Å². The van der Waals surface area contributed by atoms with E-state index in [-0.39, 0.29) is 12.2 Å². The fourth-order valence-corrected chi connectivity index (χ4v) is 3.64. The molecule has 4 aromatic rings. The molecule has 2 N–H and O–H groups in total. The number of hydrogen-bond acceptors (Lipinski definition) is 6. The van der Waals surface area contributed by atoms with Crippen LogP contribution in [0.4, 0.5) is 18.9 Å². The van der Waals surface area contributed by atoms with Gasteiger partial charge in [0, 0.05) is 53.3 Å². The molecule has 1 aromatic carbocycles. The Kier molecular flexibility index (Phi) is 6.74. The highest BCUT2D eigenvalue weighted by atomic mass is 19.4. The Morgan fingerprint density at radius 2 is 1.83 bits per heavy atom. The maximum atomic E-state index is 12.9. The number of aliphatic hydroxyl groups is 1. The van der Waals surface area contributed by atoms with Gasteiger partial charge in [0.15, 0.2) is 5.65 Å². The van der Waals surface area contributed by atoms with E-state index in [0.717, 1.165) is 40.0 Å². The first-order chi connectivity index (χ1) is 16.7. The van der Waals surface area contributed by atoms with Gasteiger partial charge in [0.1, 0.15) is 11.5 Å². The molecule has 0 unspecified atom stereocenters. The number of rotatable bonds is 6. The van der Waals surface area contributed by atoms with E-state index >= 15 is 0 Å². The fourth-order valence-electron chi connectivity index (χ4n) is 3.64. The largest absolute Gasteiger partial charge is 0.433 e. The molecule has 0 atom stereocenters. The average Bonchev–Trinajstić information content (AvgIpc) is 2.83. The molecule has 180 valence electrons. The van der Waals surface area contributed by atoms with Crippen LogP contribution in [0.3, 0.4) is 0 Å². The van der Waals surface area contributed by atoms with Crippen LogP contribution in [-0.2, 0) is 12.6 Å². The molecule has 3 heterocycles. The molecule has 0 aliphatic heterocycles. The van der Waals surface area contributed by atoms with Gasteiger partial charge < -0.3 is 10.4 Å². The van der Waals surface area contributed by atoms with Crippen molar-refractivity contribution in [1.82, 2.24) is 19.9 Å². The van der Waals surface area contributed by atoms with Crippen molar-refractivity contribution in [3.8, 4) is 11.1 Å². The number of alkyl halides is 3. The van der Waals surface area contributed by atoms with Gasteiger partial charge in [-0.25, -0.2) is 15.0 Å². The minimum absolute atomic E-state index is 0.0591. The van der Waals surface area contributed by atoms with E-state index in [2.05, 4.69) is 25.3 Å². The summed E-state index contributed by atoms with van der Waals surface area (Å²) < 4.78 is 38.8. The van der Waals surface area contributed by atoms with Crippen molar-refractivity contribution < 1.29 is 23.1 Å². The summed E-state index contributed by atoms with van der Waals surface area (Å²) in [5, 5.41) is 12.4. The highest BCUT2D eigenvalue weighted by Crippen LogP contribution is 2.31. The number of amides is 1. The van der Waals surface area contributed by atoms with Gasteiger partial charge in [-0.2, -0.15) is 13.2 Å². The van der Waals surface area contributed by atoms with Gasteiger partial charge in [-0.1, -0.05) is 6.07 Å². The van der Waals surface area contributed by atoms with Crippen LogP contribution in [0.5, 0.6) is 0 Å². The molecule has 0 radical (unpaired) electrons. The summed E-state index contributed by atoms with van der Waals surface area (Å²) in [6.45, 7) is 3.83. The van der Waals surface area contributed by atoms with Crippen LogP contribution in [0.1, 0.15) is 39.6 Å². The summed E-state index contributed by atoms with van der Waals surface area (Å²) in [6, 6.07) is 9.12. The smallest absolute Gasteiger partial charge is 0.396 e. The van der Waals surface area contributed by atoms with E-state index in [1.54, 1.807) is 18.3 Å². The third-order valence-electron chi connectivity index (χ3n) is 5.47. The van der Waals surface area contributed by atoms with Crippen LogP contribution in [0.2, 0.25) is 0 Å². The molecular weight excluding hydrogens is 459 g/mol. The normalized spacial score (nSPS) is 11.6. The van der Waals surface area contributed by atoms with Crippen LogP contribution in [0.25, 0.3) is 22.2 Å². The number of nitrogens with one attached hydrogen (secondary N) is 1. The van der Waals surface area contributed by atoms with Gasteiger partial charge in [-0.3, -0.25) is 9.78 Å². The first-order valence-electron chi connectivity index (χ1n) is 10.9. The molecule has 0 bridgehead atoms. The van der Waals surface area contributed by atoms with Crippen molar-refractivity contribution in [2.45, 2.75) is 32.9 Å². The van der Waals surface area contributed by atoms with Crippen molar-refractivity contribution in [3.05, 3.63) is 77.1 Å². The number of fused-ring (bicyclic) bond motifs is 1. The molecule has 10 heteroatoms. The van der Waals surface area contributed by atoms with Gasteiger partial charge in [-0.05, 0) is 61.7 Å². The molecule has 3 aromatic heterocycles. The Labute approximate surface area is 199 Å². The molecule has 0 saturated carbocycles. The minimum atomic E-state index is -4.64. The number of halogens is 3. The highest BCUT2D eigenvalue weighted by Gasteiger charge is 2.33. The number of benzene rings is 1. The van der Waals surface area contributed by atoms with Gasteiger partial charge in [0.25, 0.3) is 5.91 Å². The van der Waals surface area contributed by atoms with E-state index in [1.165, 1.54) is 6.07 Å². The maximum absolute atomic E-state index is 12.9. The van der Waals surface area contributed by atoms with E-state index in [1.807, 2.05) is 26.0 Å². The molecular formula is C25H22F3N5O2. The zero-order chi connectivity index (χ0) is 25.2. The Bertz CT molecular complexity index is 1410. The second-order valence-electron chi connectivity index (χ2n) is 8.06. The quantitative estimate of drug-likeness (QED) is 0.406. The number of aryl methyl sites for hydroxylation is 3. The standard InChI is InChI=1S/C25H22F3N5O2/c1-14-5-6-18(32-24(35)16-7-8-29-21(11-16)25(26,27)28)12-19(14)20-10-17-13-30-22(4-3-9-34)33-23(17)31-15(20)2/h5-8,10-13,34H,3-4,9H2,1-2H3,(H,32,35). The number of aromatic nitrogens is 4. The van der Waals surface area contributed by atoms with Crippen molar-refractivity contribution in [2.75, 3.05) is 11.9 Å². The van der Waals surface area contributed by atoms with Crippen molar-refractivity contribution in [1.29, 1.82) is 0 Å². The lowest BCUT2D eigenvalue weighted by Crippen LogP contribution is -2.15. The number of pyridine rings is 2. The first-order valence-corrected chi connectivity index (χ1v) is 10.9. The van der Waals surface area contributed by atoms with E-state index in [0.29, 0.717) is 30.0 Å². The van der Waals surface area contributed by atoms with Crippen LogP contribution < -0.4 is 5.32 Å². The number of nitrogens with zero attached hydrogens (tertiary/aromatic N) is 4. The summed E-state index contributed by atoms with van der Waals surface area (Å²) >= 11 is 0. The summed E-state index contributed by atoms with van der Waals surface area (Å²) in [4.78, 5) is 29.3. The van der Waals surface area contributed by atoms with Crippen LogP contribution in [0.15, 0.2) is 48.8 Å². The molecule has 0 spiro atoms. The zero-order valence-corrected chi connectivity index (χ0v) is 19.0. The Balaban J connectivity index is 1.64. The number of carbonyl (C=O) groups is 1. The molecule has 4 rings (SSSR count). The summed E-state index contributed by atoms with van der Waals surface area (Å²) in [7, 11) is 0. The lowest BCUT2D eigenvalue weighted by Gasteiger charge is -2.13. The van der Waals surface area contributed by atoms with Crippen LogP contribution >= 0.6 is 0 Å². The van der Waals surface area contributed by atoms with E-state index < -0.39 is 17.8 Å². The Morgan fingerprint density at radius 1 is 1.03 bits per heavy atom. The Morgan fingerprint density at radius 3 is 2.57 bits per heavy atom. The predicted octanol–water partition coefficient (Wildman–Crippen LogP) is 4.90. The SMILES string of the molecule is Cc1ccc(NC(=O)c2ccnc(C(F)(F)F)c2)cc1-c1cc2cnc(CCCO)nc2nc1C. The van der Waals surface area contributed by atoms with Crippen molar-refractivity contribution in [3.63, 3.8) is 0 Å². The molecule has 7 nitrogen and oxygen atoms in total. The molecule has 0 aliphatic carbocycles. The monoisotopic (exact) mass is 481 g/mol. The highest BCUT2D eigenvalue weighted by molar-refractivity contribution is 6.04. The van der Waals surface area contributed by atoms with Gasteiger partial charge in [0.2, 0.25) is 0 Å². The average molecular weight is 481 g/mol. The van der Waals surface area contributed by atoms with Crippen molar-refractivity contribution in [2.24, 2.45) is 0 Å². The zero-order valence-electron chi connectivity index (χ0n) is 19.0. The third kappa shape index (κ3) is 5.43. The lowest BCUT2D eigenvalue weighted by molar-refractivity contribution is -0.141. The van der Waals surface area contributed by atoms with Crippen LogP contribution in [-0.4, -0.2) is 37.6 Å². The molecule has 0 aliphatic rings. The van der Waals surface area contributed by atoms with Gasteiger partial charge in [-0.15, -0.1) is 0 Å². The van der Waals surface area contributed by atoms with Crippen LogP contribution in [0, 0.1) is 13.8 Å². The summed E-state index contributed by atoms with van der Waals surface area (Å²) in [5.41, 5.74) is 2.98. The van der Waals surface area contributed by atoms with Gasteiger partial charge >= 0.3 is 6.18 Å². The number of hydrogen-bond donors (Lipinski definition) is 2. The predicted molar refractivity (Wildman–Crippen MR) is 125 cm³/mol. The maximum Gasteiger partial charge on any atom is 0.433 e. The number of carbonyl (C=O) groups excluding carboxylic acids is 1. The van der Waals surface area contributed by atoms with Crippen molar-refractivity contribution >= 4 is 22.6 Å².